The van der Waals surface area contributed by atoms with E-state index in [-0.39, 0.29) is 5.69 Å². The Bertz CT molecular complexity index is 928. The highest BCUT2D eigenvalue weighted by Crippen LogP contribution is 2.38. The zero-order chi connectivity index (χ0) is 17.4. The highest BCUT2D eigenvalue weighted by molar-refractivity contribution is 8.03. The van der Waals surface area contributed by atoms with Gasteiger partial charge in [-0.25, -0.2) is 9.18 Å². The molecule has 0 N–H and O–H groups in total. The Hall–Kier alpha value is -1.46. The summed E-state index contributed by atoms with van der Waals surface area (Å²) in [6.07, 6.45) is 0.952. The first-order valence-electron chi connectivity index (χ1n) is 5.95. The quantitative estimate of drug-likeness (QED) is 0.734. The van der Waals surface area contributed by atoms with Gasteiger partial charge in [-0.1, -0.05) is 40.9 Å². The van der Waals surface area contributed by atoms with Gasteiger partial charge in [-0.15, -0.1) is 0 Å². The lowest BCUT2D eigenvalue weighted by molar-refractivity contribution is 0.612. The standard InChI is InChI=1S/C13H7Cl3FN3O2S/c1-7-2-3-10(9(17)4-7)19-6-8(5-18)11(21)20(12(19)22)23-13(14,15)16/h2-4,6H,1H3. The van der Waals surface area contributed by atoms with Crippen molar-refractivity contribution in [3.8, 4) is 11.8 Å². The van der Waals surface area contributed by atoms with Gasteiger partial charge in [0.2, 0.25) is 0 Å². The molecule has 0 spiro atoms. The lowest BCUT2D eigenvalue weighted by atomic mass is 10.2. The molecule has 0 bridgehead atoms. The van der Waals surface area contributed by atoms with Gasteiger partial charge in [0, 0.05) is 18.1 Å². The van der Waals surface area contributed by atoms with E-state index in [0.717, 1.165) is 10.8 Å². The minimum Gasteiger partial charge on any atom is -0.267 e. The molecule has 0 saturated carbocycles. The number of nitrogens with zero attached hydrogens (tertiary/aromatic N) is 3. The summed E-state index contributed by atoms with van der Waals surface area (Å²) < 4.78 is 13.4. The number of aryl methyl sites for hydroxylation is 1. The number of alkyl halides is 3. The van der Waals surface area contributed by atoms with Crippen molar-refractivity contribution in [3.63, 3.8) is 0 Å². The summed E-state index contributed by atoms with van der Waals surface area (Å²) >= 11 is 17.1. The fraction of sp³-hybridized carbons (Fsp3) is 0.154. The van der Waals surface area contributed by atoms with Crippen molar-refractivity contribution in [2.24, 2.45) is 0 Å². The Kier molecular flexibility index (Phi) is 5.11. The number of hydrogen-bond donors (Lipinski definition) is 0. The maximum absolute atomic E-state index is 14.1. The fourth-order valence-corrected chi connectivity index (χ4v) is 2.95. The molecule has 0 aliphatic heterocycles. The predicted molar refractivity (Wildman–Crippen MR) is 89.0 cm³/mol. The molecular formula is C13H7Cl3FN3O2S. The van der Waals surface area contributed by atoms with Crippen molar-refractivity contribution in [1.82, 2.24) is 8.54 Å². The Morgan fingerprint density at radius 2 is 1.96 bits per heavy atom. The van der Waals surface area contributed by atoms with Crippen molar-refractivity contribution in [1.29, 1.82) is 5.26 Å². The monoisotopic (exact) mass is 393 g/mol. The largest absolute Gasteiger partial charge is 0.346 e. The molecule has 0 fully saturated rings. The molecule has 0 saturated heterocycles. The number of rotatable bonds is 2. The van der Waals surface area contributed by atoms with Crippen molar-refractivity contribution in [2.45, 2.75) is 10.0 Å². The number of benzene rings is 1. The van der Waals surface area contributed by atoms with E-state index in [2.05, 4.69) is 0 Å². The van der Waals surface area contributed by atoms with E-state index in [0.29, 0.717) is 21.5 Å². The molecule has 0 radical (unpaired) electrons. The normalized spacial score (nSPS) is 11.3. The Morgan fingerprint density at radius 3 is 2.48 bits per heavy atom. The molecule has 1 heterocycles. The van der Waals surface area contributed by atoms with E-state index in [1.54, 1.807) is 19.1 Å². The zero-order valence-corrected chi connectivity index (χ0v) is 14.5. The fourth-order valence-electron chi connectivity index (χ4n) is 1.77. The van der Waals surface area contributed by atoms with Gasteiger partial charge in [-0.05, 0) is 24.6 Å². The van der Waals surface area contributed by atoms with Crippen LogP contribution in [0.2, 0.25) is 0 Å². The van der Waals surface area contributed by atoms with E-state index in [4.69, 9.17) is 40.1 Å². The van der Waals surface area contributed by atoms with Crippen molar-refractivity contribution in [2.75, 3.05) is 0 Å². The van der Waals surface area contributed by atoms with Gasteiger partial charge in [-0.3, -0.25) is 9.36 Å². The van der Waals surface area contributed by atoms with Crippen molar-refractivity contribution in [3.05, 3.63) is 62.2 Å². The van der Waals surface area contributed by atoms with E-state index in [9.17, 15) is 14.0 Å². The summed E-state index contributed by atoms with van der Waals surface area (Å²) in [4.78, 5) is 24.5. The highest BCUT2D eigenvalue weighted by Gasteiger charge is 2.26. The smallest absolute Gasteiger partial charge is 0.267 e. The van der Waals surface area contributed by atoms with E-state index < -0.39 is 25.8 Å². The molecule has 2 aromatic rings. The van der Waals surface area contributed by atoms with Gasteiger partial charge in [0.25, 0.3) is 8.68 Å². The second kappa shape index (κ2) is 6.57. The zero-order valence-electron chi connectivity index (χ0n) is 11.4. The molecule has 1 aromatic heterocycles. The summed E-state index contributed by atoms with van der Waals surface area (Å²) in [6.45, 7) is 1.68. The van der Waals surface area contributed by atoms with Crippen LogP contribution in [0.4, 0.5) is 4.39 Å². The first-order chi connectivity index (χ1) is 10.6. The summed E-state index contributed by atoms with van der Waals surface area (Å²) in [5.41, 5.74) is -1.78. The molecule has 5 nitrogen and oxygen atoms in total. The summed E-state index contributed by atoms with van der Waals surface area (Å²) in [5.74, 6) is -0.694. The molecule has 0 amide bonds. The van der Waals surface area contributed by atoms with Crippen molar-refractivity contribution < 1.29 is 4.39 Å². The summed E-state index contributed by atoms with van der Waals surface area (Å²) in [6, 6.07) is 5.77. The molecule has 0 atom stereocenters. The minimum absolute atomic E-state index is 0.129. The molecule has 1 aromatic carbocycles. The molecule has 23 heavy (non-hydrogen) atoms. The van der Waals surface area contributed by atoms with E-state index >= 15 is 0 Å². The van der Waals surface area contributed by atoms with Gasteiger partial charge in [0.05, 0.1) is 5.69 Å². The SMILES string of the molecule is Cc1ccc(-n2cc(C#N)c(=O)n(SC(Cl)(Cl)Cl)c2=O)c(F)c1. The molecule has 120 valence electrons. The summed E-state index contributed by atoms with van der Waals surface area (Å²) in [7, 11) is 0. The Morgan fingerprint density at radius 1 is 1.30 bits per heavy atom. The highest BCUT2D eigenvalue weighted by atomic mass is 35.6. The van der Waals surface area contributed by atoms with Gasteiger partial charge in [0.15, 0.2) is 0 Å². The van der Waals surface area contributed by atoms with Crippen LogP contribution in [0.15, 0.2) is 34.0 Å². The summed E-state index contributed by atoms with van der Waals surface area (Å²) in [5, 5.41) is 9.04. The van der Waals surface area contributed by atoms with Crippen LogP contribution >= 0.6 is 46.8 Å². The maximum atomic E-state index is 14.1. The third-order valence-electron chi connectivity index (χ3n) is 2.73. The first kappa shape index (κ1) is 17.9. The second-order valence-corrected chi connectivity index (χ2v) is 8.51. The average Bonchev–Trinajstić information content (AvgIpc) is 2.44. The Labute approximate surface area is 148 Å². The molecule has 10 heteroatoms. The number of aromatic nitrogens is 2. The van der Waals surface area contributed by atoms with Gasteiger partial charge in [0.1, 0.15) is 17.4 Å². The Balaban J connectivity index is 2.80. The third-order valence-corrected chi connectivity index (χ3v) is 4.06. The van der Waals surface area contributed by atoms with Crippen LogP contribution in [0, 0.1) is 24.1 Å². The first-order valence-corrected chi connectivity index (χ1v) is 7.86. The van der Waals surface area contributed by atoms with Gasteiger partial charge >= 0.3 is 5.69 Å². The molecule has 0 aliphatic carbocycles. The lowest BCUT2D eigenvalue weighted by Gasteiger charge is -2.14. The molecule has 2 rings (SSSR count). The number of halogens is 4. The molecule has 0 unspecified atom stereocenters. The van der Waals surface area contributed by atoms with Crippen molar-refractivity contribution >= 4 is 46.8 Å². The van der Waals surface area contributed by atoms with Crippen LogP contribution in [0.3, 0.4) is 0 Å². The lowest BCUT2D eigenvalue weighted by Crippen LogP contribution is -2.38. The van der Waals surface area contributed by atoms with Crippen LogP contribution < -0.4 is 11.2 Å². The maximum Gasteiger partial charge on any atom is 0.346 e. The average molecular weight is 395 g/mol. The van der Waals surface area contributed by atoms with Gasteiger partial charge < -0.3 is 0 Å². The molecule has 0 aliphatic rings. The number of nitriles is 1. The van der Waals surface area contributed by atoms with Crippen LogP contribution in [-0.2, 0) is 0 Å². The van der Waals surface area contributed by atoms with E-state index in [1.807, 2.05) is 0 Å². The topological polar surface area (TPSA) is 67.8 Å². The van der Waals surface area contributed by atoms with Crippen LogP contribution in [0.25, 0.3) is 5.69 Å². The van der Waals surface area contributed by atoms with Crippen LogP contribution in [0.5, 0.6) is 0 Å². The van der Waals surface area contributed by atoms with Gasteiger partial charge in [-0.2, -0.15) is 9.23 Å². The second-order valence-electron chi connectivity index (χ2n) is 4.40. The number of hydrogen-bond acceptors (Lipinski definition) is 4. The molecular weight excluding hydrogens is 388 g/mol. The predicted octanol–water partition coefficient (Wildman–Crippen LogP) is 3.14. The third kappa shape index (κ3) is 3.90. The minimum atomic E-state index is -2.01. The van der Waals surface area contributed by atoms with Crippen LogP contribution in [-0.4, -0.2) is 11.7 Å². The van der Waals surface area contributed by atoms with Crippen LogP contribution in [0.1, 0.15) is 11.1 Å². The van der Waals surface area contributed by atoms with E-state index in [1.165, 1.54) is 12.1 Å².